The molecular weight excluding hydrogens is 416 g/mol. The number of aromatic carboxylic acids is 1. The number of nitrogens with one attached hydrogen (secondary N) is 1. The third-order valence-corrected chi connectivity index (χ3v) is 5.35. The fraction of sp³-hybridized carbons (Fsp3) is 0.192. The average Bonchev–Trinajstić information content (AvgIpc) is 3.25. The number of pyridine rings is 1. The molecule has 7 nitrogen and oxygen atoms in total. The quantitative estimate of drug-likeness (QED) is 0.409. The van der Waals surface area contributed by atoms with E-state index in [9.17, 15) is 9.90 Å². The van der Waals surface area contributed by atoms with Gasteiger partial charge in [-0.3, -0.25) is 4.98 Å². The first kappa shape index (κ1) is 22.2. The van der Waals surface area contributed by atoms with Gasteiger partial charge >= 0.3 is 5.97 Å². The van der Waals surface area contributed by atoms with Crippen LogP contribution in [0.3, 0.4) is 0 Å². The van der Waals surface area contributed by atoms with Gasteiger partial charge in [0.05, 0.1) is 17.0 Å². The average molecular weight is 443 g/mol. The number of carbonyl (C=O) groups is 1. The molecule has 2 heterocycles. The van der Waals surface area contributed by atoms with Crippen molar-refractivity contribution in [3.05, 3.63) is 78.1 Å². The fourth-order valence-electron chi connectivity index (χ4n) is 3.50. The maximum absolute atomic E-state index is 11.7. The summed E-state index contributed by atoms with van der Waals surface area (Å²) in [4.78, 5) is 26.1. The molecular formula is C26H26N4O3. The van der Waals surface area contributed by atoms with E-state index in [1.54, 1.807) is 25.4 Å². The highest BCUT2D eigenvalue weighted by atomic mass is 16.5. The molecule has 2 aromatic carbocycles. The fourth-order valence-corrected chi connectivity index (χ4v) is 3.50. The summed E-state index contributed by atoms with van der Waals surface area (Å²) in [5.74, 6) is 0.529. The van der Waals surface area contributed by atoms with Gasteiger partial charge in [0.15, 0.2) is 0 Å². The molecule has 0 aliphatic carbocycles. The third-order valence-electron chi connectivity index (χ3n) is 5.35. The normalized spacial score (nSPS) is 11.0. The van der Waals surface area contributed by atoms with Crippen molar-refractivity contribution in [2.45, 2.75) is 6.92 Å². The smallest absolute Gasteiger partial charge is 0.335 e. The first-order valence-electron chi connectivity index (χ1n) is 10.6. The Labute approximate surface area is 192 Å². The highest BCUT2D eigenvalue weighted by molar-refractivity contribution is 5.92. The monoisotopic (exact) mass is 442 g/mol. The second-order valence-electron chi connectivity index (χ2n) is 8.06. The molecule has 0 saturated carbocycles. The highest BCUT2D eigenvalue weighted by Gasteiger charge is 2.17. The van der Waals surface area contributed by atoms with E-state index in [2.05, 4.69) is 14.9 Å². The number of imidazole rings is 1. The van der Waals surface area contributed by atoms with Gasteiger partial charge in [0.1, 0.15) is 18.2 Å². The first-order valence-corrected chi connectivity index (χ1v) is 10.6. The molecule has 168 valence electrons. The molecule has 0 aliphatic heterocycles. The lowest BCUT2D eigenvalue weighted by molar-refractivity contribution is 0.0696. The third kappa shape index (κ3) is 5.10. The number of ether oxygens (including phenoxy) is 1. The van der Waals surface area contributed by atoms with E-state index in [4.69, 9.17) is 9.72 Å². The van der Waals surface area contributed by atoms with Crippen LogP contribution < -0.4 is 4.74 Å². The zero-order chi connectivity index (χ0) is 23.4. The van der Waals surface area contributed by atoms with Crippen molar-refractivity contribution in [3.63, 3.8) is 0 Å². The Morgan fingerprint density at radius 3 is 2.36 bits per heavy atom. The molecule has 0 amide bonds. The molecule has 2 N–H and O–H groups in total. The number of carboxylic acids is 1. The summed E-state index contributed by atoms with van der Waals surface area (Å²) in [6, 6.07) is 16.9. The van der Waals surface area contributed by atoms with Crippen LogP contribution in [-0.2, 0) is 0 Å². The maximum Gasteiger partial charge on any atom is 0.335 e. The SMILES string of the molecule is Cc1ccc(-c2nc(-c3ccc(OCCN(C)C)cc3)[nH]c2-c2ccncc2)cc1C(=O)O. The van der Waals surface area contributed by atoms with Gasteiger partial charge in [-0.2, -0.15) is 0 Å². The number of aromatic nitrogens is 3. The summed E-state index contributed by atoms with van der Waals surface area (Å²) in [6.45, 7) is 3.24. The number of benzene rings is 2. The second kappa shape index (κ2) is 9.67. The molecule has 0 unspecified atom stereocenters. The van der Waals surface area contributed by atoms with Gasteiger partial charge in [-0.25, -0.2) is 9.78 Å². The van der Waals surface area contributed by atoms with Crippen LogP contribution >= 0.6 is 0 Å². The standard InChI is InChI=1S/C26H26N4O3/c1-17-4-5-20(16-22(17)26(31)32)24-23(18-10-12-27-13-11-18)28-25(29-24)19-6-8-21(9-7-19)33-15-14-30(2)3/h4-13,16H,14-15H2,1-3H3,(H,28,29)(H,31,32). The number of rotatable bonds is 8. The van der Waals surface area contributed by atoms with Crippen LogP contribution in [0.4, 0.5) is 0 Å². The maximum atomic E-state index is 11.7. The molecule has 4 aromatic rings. The molecule has 0 atom stereocenters. The predicted molar refractivity (Wildman–Crippen MR) is 128 cm³/mol. The lowest BCUT2D eigenvalue weighted by Crippen LogP contribution is -2.19. The van der Waals surface area contributed by atoms with E-state index in [-0.39, 0.29) is 5.56 Å². The van der Waals surface area contributed by atoms with E-state index < -0.39 is 5.97 Å². The van der Waals surface area contributed by atoms with E-state index in [0.717, 1.165) is 34.7 Å². The van der Waals surface area contributed by atoms with Crippen LogP contribution in [0.25, 0.3) is 33.9 Å². The zero-order valence-electron chi connectivity index (χ0n) is 18.9. The molecule has 0 spiro atoms. The van der Waals surface area contributed by atoms with Gasteiger partial charge in [-0.05, 0) is 69.0 Å². The van der Waals surface area contributed by atoms with Crippen molar-refractivity contribution < 1.29 is 14.6 Å². The van der Waals surface area contributed by atoms with Gasteiger partial charge in [-0.15, -0.1) is 0 Å². The van der Waals surface area contributed by atoms with E-state index in [1.165, 1.54) is 0 Å². The van der Waals surface area contributed by atoms with E-state index >= 15 is 0 Å². The van der Waals surface area contributed by atoms with Crippen LogP contribution in [0.2, 0.25) is 0 Å². The number of likely N-dealkylation sites (N-methyl/N-ethyl adjacent to an activating group) is 1. The van der Waals surface area contributed by atoms with Crippen molar-refractivity contribution in [1.29, 1.82) is 0 Å². The molecule has 33 heavy (non-hydrogen) atoms. The van der Waals surface area contributed by atoms with Crippen LogP contribution in [0, 0.1) is 6.92 Å². The van der Waals surface area contributed by atoms with Crippen LogP contribution in [-0.4, -0.2) is 58.2 Å². The summed E-state index contributed by atoms with van der Waals surface area (Å²) >= 11 is 0. The number of H-pyrrole nitrogens is 1. The number of hydrogen-bond donors (Lipinski definition) is 2. The number of carboxylic acid groups (broad SMARTS) is 1. The Morgan fingerprint density at radius 1 is 1.00 bits per heavy atom. The Kier molecular flexibility index (Phi) is 6.51. The molecule has 7 heteroatoms. The van der Waals surface area contributed by atoms with Crippen molar-refractivity contribution in [1.82, 2.24) is 19.9 Å². The van der Waals surface area contributed by atoms with Crippen LogP contribution in [0.15, 0.2) is 67.0 Å². The molecule has 0 radical (unpaired) electrons. The van der Waals surface area contributed by atoms with E-state index in [0.29, 0.717) is 23.7 Å². The first-order chi connectivity index (χ1) is 15.9. The second-order valence-corrected chi connectivity index (χ2v) is 8.06. The Bertz CT molecular complexity index is 1250. The minimum Gasteiger partial charge on any atom is -0.492 e. The Balaban J connectivity index is 1.72. The summed E-state index contributed by atoms with van der Waals surface area (Å²) in [5, 5.41) is 9.57. The lowest BCUT2D eigenvalue weighted by Gasteiger charge is -2.11. The molecule has 0 saturated heterocycles. The number of hydrogen-bond acceptors (Lipinski definition) is 5. The van der Waals surface area contributed by atoms with Crippen molar-refractivity contribution >= 4 is 5.97 Å². The molecule has 0 bridgehead atoms. The summed E-state index contributed by atoms with van der Waals surface area (Å²) in [7, 11) is 4.02. The predicted octanol–water partition coefficient (Wildman–Crippen LogP) is 4.75. The summed E-state index contributed by atoms with van der Waals surface area (Å²) in [5.41, 5.74) is 5.01. The zero-order valence-corrected chi connectivity index (χ0v) is 18.9. The van der Waals surface area contributed by atoms with Crippen molar-refractivity contribution in [2.24, 2.45) is 0 Å². The van der Waals surface area contributed by atoms with Gasteiger partial charge in [0, 0.05) is 35.6 Å². The minimum absolute atomic E-state index is 0.261. The van der Waals surface area contributed by atoms with Gasteiger partial charge in [0.2, 0.25) is 0 Å². The largest absolute Gasteiger partial charge is 0.492 e. The van der Waals surface area contributed by atoms with E-state index in [1.807, 2.05) is 62.6 Å². The minimum atomic E-state index is -0.958. The highest BCUT2D eigenvalue weighted by Crippen LogP contribution is 2.34. The molecule has 0 aliphatic rings. The number of aromatic amines is 1. The van der Waals surface area contributed by atoms with Crippen molar-refractivity contribution in [2.75, 3.05) is 27.2 Å². The van der Waals surface area contributed by atoms with Crippen LogP contribution in [0.1, 0.15) is 15.9 Å². The van der Waals surface area contributed by atoms with Crippen LogP contribution in [0.5, 0.6) is 5.75 Å². The molecule has 2 aromatic heterocycles. The Hall–Kier alpha value is -3.97. The topological polar surface area (TPSA) is 91.3 Å². The number of nitrogens with zero attached hydrogens (tertiary/aromatic N) is 3. The molecule has 0 fully saturated rings. The lowest BCUT2D eigenvalue weighted by atomic mass is 10.0. The van der Waals surface area contributed by atoms with Crippen molar-refractivity contribution in [3.8, 4) is 39.7 Å². The Morgan fingerprint density at radius 2 is 1.70 bits per heavy atom. The molecule has 4 rings (SSSR count). The van der Waals surface area contributed by atoms with Gasteiger partial charge in [-0.1, -0.05) is 12.1 Å². The summed E-state index contributed by atoms with van der Waals surface area (Å²) < 4.78 is 5.79. The van der Waals surface area contributed by atoms with Gasteiger partial charge in [0.25, 0.3) is 0 Å². The number of aryl methyl sites for hydroxylation is 1. The summed E-state index contributed by atoms with van der Waals surface area (Å²) in [6.07, 6.45) is 3.44. The van der Waals surface area contributed by atoms with Gasteiger partial charge < -0.3 is 19.7 Å².